The second kappa shape index (κ2) is 8.86. The van der Waals surface area contributed by atoms with Gasteiger partial charge in [0.25, 0.3) is 15.9 Å². The molecule has 0 unspecified atom stereocenters. The summed E-state index contributed by atoms with van der Waals surface area (Å²) in [7, 11) is -4.03. The van der Waals surface area contributed by atoms with Crippen LogP contribution in [0.4, 0.5) is 23.7 Å². The fourth-order valence-electron chi connectivity index (χ4n) is 2.76. The number of urea groups is 1. The molecule has 9 nitrogen and oxygen atoms in total. The molecular formula is C19H17F3N4O5S. The van der Waals surface area contributed by atoms with Gasteiger partial charge in [-0.2, -0.15) is 13.2 Å². The van der Waals surface area contributed by atoms with Crippen LogP contribution in [-0.4, -0.2) is 50.4 Å². The third kappa shape index (κ3) is 5.75. The molecule has 1 heterocycles. The Hall–Kier alpha value is -3.61. The van der Waals surface area contributed by atoms with Crippen LogP contribution in [0.15, 0.2) is 53.4 Å². The number of hydrogen-bond acceptors (Lipinski definition) is 5. The monoisotopic (exact) mass is 470 g/mol. The van der Waals surface area contributed by atoms with Crippen LogP contribution in [0, 0.1) is 0 Å². The van der Waals surface area contributed by atoms with E-state index in [0.29, 0.717) is 5.56 Å². The maximum Gasteiger partial charge on any atom is 0.405 e. The quantitative estimate of drug-likeness (QED) is 0.533. The van der Waals surface area contributed by atoms with Gasteiger partial charge in [0.1, 0.15) is 6.54 Å². The lowest BCUT2D eigenvalue weighted by Crippen LogP contribution is -2.33. The van der Waals surface area contributed by atoms with Crippen LogP contribution in [0.25, 0.3) is 0 Å². The Kier molecular flexibility index (Phi) is 6.39. The summed E-state index contributed by atoms with van der Waals surface area (Å²) in [5, 5.41) is 4.09. The van der Waals surface area contributed by atoms with E-state index in [1.165, 1.54) is 12.1 Å². The smallest absolute Gasteiger partial charge is 0.343 e. The Morgan fingerprint density at radius 3 is 2.19 bits per heavy atom. The number of nitrogens with one attached hydrogen (secondary N) is 3. The van der Waals surface area contributed by atoms with E-state index in [-0.39, 0.29) is 35.1 Å². The Balaban J connectivity index is 1.63. The summed E-state index contributed by atoms with van der Waals surface area (Å²) < 4.78 is 63.9. The highest BCUT2D eigenvalue weighted by molar-refractivity contribution is 7.92. The molecule has 0 atom stereocenters. The summed E-state index contributed by atoms with van der Waals surface area (Å²) in [6, 6.07) is 9.87. The third-order valence-corrected chi connectivity index (χ3v) is 5.76. The van der Waals surface area contributed by atoms with E-state index in [1.54, 1.807) is 17.4 Å². The summed E-state index contributed by atoms with van der Waals surface area (Å²) in [5.74, 6) is -1.35. The van der Waals surface area contributed by atoms with Crippen molar-refractivity contribution in [3.05, 3.63) is 59.7 Å². The van der Waals surface area contributed by atoms with Crippen molar-refractivity contribution < 1.29 is 36.0 Å². The lowest BCUT2D eigenvalue weighted by molar-refractivity contribution is -0.125. The third-order valence-electron chi connectivity index (χ3n) is 4.36. The molecule has 1 aliphatic heterocycles. The summed E-state index contributed by atoms with van der Waals surface area (Å²) in [4.78, 5) is 35.7. The van der Waals surface area contributed by atoms with Gasteiger partial charge in [-0.05, 0) is 42.0 Å². The molecule has 3 rings (SSSR count). The molecule has 3 N–H and O–H groups in total. The minimum atomic E-state index is -4.56. The van der Waals surface area contributed by atoms with Crippen LogP contribution in [0.5, 0.6) is 0 Å². The molecule has 4 amide bonds. The standard InChI is InChI=1S/C19H17F3N4O5S/c20-19(21,22)11-24-17(28)13-3-7-15(8-4-13)32(30,31)25-14-5-1-12(2-6-14)10-26-16(27)9-23-18(26)29/h1-8,25H,9-11H2,(H,23,29)(H,24,28). The van der Waals surface area contributed by atoms with E-state index in [1.807, 2.05) is 0 Å². The first-order valence-electron chi connectivity index (χ1n) is 9.09. The molecule has 0 radical (unpaired) electrons. The maximum atomic E-state index is 12.5. The van der Waals surface area contributed by atoms with E-state index < -0.39 is 34.7 Å². The molecule has 0 saturated carbocycles. The number of nitrogens with zero attached hydrogens (tertiary/aromatic N) is 1. The SMILES string of the molecule is O=C(NCC(F)(F)F)c1ccc(S(=O)(=O)Nc2ccc(CN3C(=O)CNC3=O)cc2)cc1. The van der Waals surface area contributed by atoms with Gasteiger partial charge >= 0.3 is 12.2 Å². The molecule has 1 saturated heterocycles. The lowest BCUT2D eigenvalue weighted by atomic mass is 10.2. The Morgan fingerprint density at radius 1 is 1.03 bits per heavy atom. The zero-order chi connectivity index (χ0) is 23.5. The second-order valence-corrected chi connectivity index (χ2v) is 8.45. The van der Waals surface area contributed by atoms with E-state index in [0.717, 1.165) is 29.2 Å². The number of benzene rings is 2. The number of rotatable bonds is 7. The Labute approximate surface area is 180 Å². The highest BCUT2D eigenvalue weighted by atomic mass is 32.2. The summed E-state index contributed by atoms with van der Waals surface area (Å²) in [5.41, 5.74) is 0.684. The van der Waals surface area contributed by atoms with Crippen molar-refractivity contribution in [2.24, 2.45) is 0 Å². The second-order valence-electron chi connectivity index (χ2n) is 6.76. The Morgan fingerprint density at radius 2 is 1.66 bits per heavy atom. The van der Waals surface area contributed by atoms with Gasteiger partial charge in [0, 0.05) is 11.3 Å². The van der Waals surface area contributed by atoms with E-state index in [2.05, 4.69) is 10.0 Å². The fourth-order valence-corrected chi connectivity index (χ4v) is 3.82. The highest BCUT2D eigenvalue weighted by Gasteiger charge is 2.29. The van der Waals surface area contributed by atoms with Crippen molar-refractivity contribution >= 4 is 33.6 Å². The molecule has 0 aliphatic carbocycles. The largest absolute Gasteiger partial charge is 0.405 e. The van der Waals surface area contributed by atoms with Crippen molar-refractivity contribution in [1.82, 2.24) is 15.5 Å². The molecule has 0 aromatic heterocycles. The van der Waals surface area contributed by atoms with E-state index in [9.17, 15) is 36.0 Å². The predicted octanol–water partition coefficient (Wildman–Crippen LogP) is 1.83. The van der Waals surface area contributed by atoms with Gasteiger partial charge in [-0.25, -0.2) is 13.2 Å². The molecule has 2 aromatic carbocycles. The minimum Gasteiger partial charge on any atom is -0.343 e. The zero-order valence-corrected chi connectivity index (χ0v) is 17.1. The van der Waals surface area contributed by atoms with Crippen LogP contribution >= 0.6 is 0 Å². The maximum absolute atomic E-state index is 12.5. The first-order chi connectivity index (χ1) is 14.9. The van der Waals surface area contributed by atoms with E-state index >= 15 is 0 Å². The highest BCUT2D eigenvalue weighted by Crippen LogP contribution is 2.19. The molecular weight excluding hydrogens is 453 g/mol. The number of sulfonamides is 1. The van der Waals surface area contributed by atoms with Gasteiger partial charge in [-0.15, -0.1) is 0 Å². The van der Waals surface area contributed by atoms with Gasteiger partial charge in [-0.1, -0.05) is 12.1 Å². The number of carbonyl (C=O) groups is 3. The first-order valence-corrected chi connectivity index (χ1v) is 10.6. The van der Waals surface area contributed by atoms with Gasteiger partial charge in [0.2, 0.25) is 5.91 Å². The van der Waals surface area contributed by atoms with Crippen LogP contribution in [0.3, 0.4) is 0 Å². The number of imide groups is 1. The molecule has 0 bridgehead atoms. The number of anilines is 1. The molecule has 170 valence electrons. The number of carbonyl (C=O) groups excluding carboxylic acids is 3. The van der Waals surface area contributed by atoms with Gasteiger partial charge < -0.3 is 10.6 Å². The van der Waals surface area contributed by atoms with E-state index in [4.69, 9.17) is 0 Å². The van der Waals surface area contributed by atoms with Crippen LogP contribution < -0.4 is 15.4 Å². The average molecular weight is 470 g/mol. The van der Waals surface area contributed by atoms with Crippen molar-refractivity contribution in [3.8, 4) is 0 Å². The molecule has 0 spiro atoms. The fraction of sp³-hybridized carbons (Fsp3) is 0.211. The predicted molar refractivity (Wildman–Crippen MR) is 106 cm³/mol. The van der Waals surface area contributed by atoms with Crippen molar-refractivity contribution in [2.45, 2.75) is 17.6 Å². The number of amides is 4. The number of hydrogen-bond donors (Lipinski definition) is 3. The van der Waals surface area contributed by atoms with Gasteiger partial charge in [-0.3, -0.25) is 19.2 Å². The van der Waals surface area contributed by atoms with Crippen molar-refractivity contribution in [1.29, 1.82) is 0 Å². The molecule has 1 fully saturated rings. The van der Waals surface area contributed by atoms with Crippen LogP contribution in [0.1, 0.15) is 15.9 Å². The normalized spacial score (nSPS) is 14.3. The topological polar surface area (TPSA) is 125 Å². The lowest BCUT2D eigenvalue weighted by Gasteiger charge is -2.13. The summed E-state index contributed by atoms with van der Waals surface area (Å²) in [6.07, 6.45) is -4.56. The zero-order valence-electron chi connectivity index (χ0n) is 16.3. The molecule has 1 aliphatic rings. The summed E-state index contributed by atoms with van der Waals surface area (Å²) >= 11 is 0. The van der Waals surface area contributed by atoms with Crippen molar-refractivity contribution in [3.63, 3.8) is 0 Å². The van der Waals surface area contributed by atoms with Gasteiger partial charge in [0.15, 0.2) is 0 Å². The van der Waals surface area contributed by atoms with Gasteiger partial charge in [0.05, 0.1) is 18.0 Å². The van der Waals surface area contributed by atoms with Crippen LogP contribution in [-0.2, 0) is 21.4 Å². The molecule has 13 heteroatoms. The first kappa shape index (κ1) is 23.1. The Bertz CT molecular complexity index is 1120. The number of alkyl halides is 3. The number of halogens is 3. The van der Waals surface area contributed by atoms with Crippen LogP contribution in [0.2, 0.25) is 0 Å². The molecule has 32 heavy (non-hydrogen) atoms. The minimum absolute atomic E-state index is 0.0373. The van der Waals surface area contributed by atoms with Crippen molar-refractivity contribution in [2.75, 3.05) is 17.8 Å². The molecule has 2 aromatic rings. The summed E-state index contributed by atoms with van der Waals surface area (Å²) in [6.45, 7) is -1.53. The average Bonchev–Trinajstić information content (AvgIpc) is 3.05.